The molecule has 2 atom stereocenters. The molecule has 1 heterocycles. The summed E-state index contributed by atoms with van der Waals surface area (Å²) in [6.45, 7) is 0. The Kier molecular flexibility index (Phi) is 5.34. The van der Waals surface area contributed by atoms with Crippen molar-refractivity contribution >= 4 is 44.6 Å². The number of rotatable bonds is 7. The molecule has 1 saturated carbocycles. The van der Waals surface area contributed by atoms with E-state index in [1.807, 2.05) is 0 Å². The van der Waals surface area contributed by atoms with Crippen LogP contribution < -0.4 is 4.72 Å². The molecule has 3 aromatic rings. The first kappa shape index (κ1) is 21.4. The lowest BCUT2D eigenvalue weighted by Gasteiger charge is -2.14. The number of thiophene rings is 1. The smallest absolute Gasteiger partial charge is 0.325 e. The van der Waals surface area contributed by atoms with Gasteiger partial charge in [-0.2, -0.15) is 4.72 Å². The molecule has 0 bridgehead atoms. The number of nitro groups is 1. The Labute approximate surface area is 186 Å². The number of halogens is 1. The van der Waals surface area contributed by atoms with Crippen LogP contribution in [0.25, 0.3) is 10.4 Å². The highest BCUT2D eigenvalue weighted by Crippen LogP contribution is 2.53. The van der Waals surface area contributed by atoms with Gasteiger partial charge in [-0.05, 0) is 41.8 Å². The minimum absolute atomic E-state index is 0.00184. The zero-order chi connectivity index (χ0) is 22.4. The average Bonchev–Trinajstić information content (AvgIpc) is 3.22. The lowest BCUT2D eigenvalue weighted by atomic mass is 10.1. The summed E-state index contributed by atoms with van der Waals surface area (Å²) < 4.78 is 28.2. The molecule has 11 heteroatoms. The monoisotopic (exact) mass is 478 g/mol. The molecular formula is C20H15ClN2O6S2. The van der Waals surface area contributed by atoms with E-state index in [-0.39, 0.29) is 16.3 Å². The van der Waals surface area contributed by atoms with Gasteiger partial charge >= 0.3 is 5.97 Å². The van der Waals surface area contributed by atoms with Crippen LogP contribution in [0.3, 0.4) is 0 Å². The summed E-state index contributed by atoms with van der Waals surface area (Å²) in [5, 5.41) is 21.3. The van der Waals surface area contributed by atoms with E-state index in [2.05, 4.69) is 4.72 Å². The van der Waals surface area contributed by atoms with Crippen LogP contribution >= 0.6 is 22.9 Å². The van der Waals surface area contributed by atoms with Gasteiger partial charge in [-0.3, -0.25) is 14.9 Å². The van der Waals surface area contributed by atoms with E-state index in [1.54, 1.807) is 36.4 Å². The number of aliphatic carboxylic acids is 1. The van der Waals surface area contributed by atoms with Gasteiger partial charge in [-0.25, -0.2) is 8.42 Å². The molecule has 0 amide bonds. The third-order valence-corrected chi connectivity index (χ3v) is 8.51. The molecule has 31 heavy (non-hydrogen) atoms. The Balaban J connectivity index is 1.61. The Morgan fingerprint density at radius 3 is 2.55 bits per heavy atom. The van der Waals surface area contributed by atoms with E-state index in [0.717, 1.165) is 16.9 Å². The fraction of sp³-hybridized carbons (Fsp3) is 0.150. The highest BCUT2D eigenvalue weighted by Gasteiger charge is 2.63. The maximum absolute atomic E-state index is 12.9. The number of benzene rings is 2. The van der Waals surface area contributed by atoms with Crippen LogP contribution in [0.1, 0.15) is 17.9 Å². The second-order valence-electron chi connectivity index (χ2n) is 7.12. The third-order valence-electron chi connectivity index (χ3n) is 5.12. The van der Waals surface area contributed by atoms with Gasteiger partial charge in [0.15, 0.2) is 0 Å². The standard InChI is InChI=1S/C20H15ClN2O6S2/c21-14-6-4-12(5-7-14)17-8-9-18(30-17)31(28,29)22-20(19(24)25)11-16(20)13-2-1-3-15(10-13)23(26)27/h1-10,16,22H,11H2,(H,24,25)/t16-,20?/m0/s1. The summed E-state index contributed by atoms with van der Waals surface area (Å²) >= 11 is 6.89. The quantitative estimate of drug-likeness (QED) is 0.385. The molecule has 0 radical (unpaired) electrons. The molecule has 2 N–H and O–H groups in total. The number of nitrogens with one attached hydrogen (secondary N) is 1. The summed E-state index contributed by atoms with van der Waals surface area (Å²) in [6, 6.07) is 15.5. The number of hydrogen-bond acceptors (Lipinski definition) is 6. The number of sulfonamides is 1. The summed E-state index contributed by atoms with van der Waals surface area (Å²) in [5.41, 5.74) is -0.757. The molecular weight excluding hydrogens is 464 g/mol. The molecule has 1 unspecified atom stereocenters. The first-order valence-electron chi connectivity index (χ1n) is 9.00. The van der Waals surface area contributed by atoms with Crippen molar-refractivity contribution in [2.24, 2.45) is 0 Å². The third kappa shape index (κ3) is 4.07. The van der Waals surface area contributed by atoms with E-state index in [9.17, 15) is 28.4 Å². The van der Waals surface area contributed by atoms with Gasteiger partial charge < -0.3 is 5.11 Å². The van der Waals surface area contributed by atoms with Gasteiger partial charge in [0.1, 0.15) is 9.75 Å². The van der Waals surface area contributed by atoms with Crippen molar-refractivity contribution in [3.8, 4) is 10.4 Å². The summed E-state index contributed by atoms with van der Waals surface area (Å²) in [7, 11) is -4.14. The van der Waals surface area contributed by atoms with Crippen molar-refractivity contribution in [2.45, 2.75) is 22.1 Å². The second kappa shape index (κ2) is 7.72. The molecule has 0 spiro atoms. The highest BCUT2D eigenvalue weighted by molar-refractivity contribution is 7.91. The Hall–Kier alpha value is -2.79. The van der Waals surface area contributed by atoms with Crippen molar-refractivity contribution in [1.82, 2.24) is 4.72 Å². The number of carboxylic acid groups (broad SMARTS) is 1. The average molecular weight is 479 g/mol. The maximum atomic E-state index is 12.9. The number of carboxylic acids is 1. The molecule has 1 aliphatic carbocycles. The zero-order valence-electron chi connectivity index (χ0n) is 15.7. The predicted octanol–water partition coefficient (Wildman–Crippen LogP) is 4.27. The summed E-state index contributed by atoms with van der Waals surface area (Å²) in [5.74, 6) is -2.04. The van der Waals surface area contributed by atoms with Crippen LogP contribution in [0.4, 0.5) is 5.69 Å². The number of nitro benzene ring substituents is 1. The number of non-ortho nitro benzene ring substituents is 1. The Morgan fingerprint density at radius 2 is 1.90 bits per heavy atom. The van der Waals surface area contributed by atoms with Crippen LogP contribution in [0.15, 0.2) is 64.9 Å². The molecule has 4 rings (SSSR count). The maximum Gasteiger partial charge on any atom is 0.325 e. The van der Waals surface area contributed by atoms with Crippen molar-refractivity contribution in [3.63, 3.8) is 0 Å². The first-order valence-corrected chi connectivity index (χ1v) is 11.7. The van der Waals surface area contributed by atoms with Gasteiger partial charge in [-0.15, -0.1) is 11.3 Å². The van der Waals surface area contributed by atoms with Crippen LogP contribution in [0, 0.1) is 10.1 Å². The minimum atomic E-state index is -4.14. The van der Waals surface area contributed by atoms with E-state index in [1.165, 1.54) is 24.3 Å². The molecule has 8 nitrogen and oxygen atoms in total. The molecule has 2 aromatic carbocycles. The summed E-state index contributed by atoms with van der Waals surface area (Å²) in [6.07, 6.45) is -0.00184. The van der Waals surface area contributed by atoms with Crippen LogP contribution in [0.5, 0.6) is 0 Å². The van der Waals surface area contributed by atoms with Crippen LogP contribution in [-0.4, -0.2) is 30.0 Å². The van der Waals surface area contributed by atoms with Crippen molar-refractivity contribution in [3.05, 3.63) is 81.4 Å². The fourth-order valence-electron chi connectivity index (χ4n) is 3.44. The highest BCUT2D eigenvalue weighted by atomic mass is 35.5. The van der Waals surface area contributed by atoms with Gasteiger partial charge in [0.25, 0.3) is 15.7 Å². The molecule has 160 valence electrons. The number of nitrogens with zero attached hydrogens (tertiary/aromatic N) is 1. The van der Waals surface area contributed by atoms with E-state index < -0.39 is 32.4 Å². The van der Waals surface area contributed by atoms with Crippen molar-refractivity contribution < 1.29 is 23.2 Å². The van der Waals surface area contributed by atoms with Gasteiger partial charge in [0.05, 0.1) is 4.92 Å². The number of hydrogen-bond donors (Lipinski definition) is 2. The zero-order valence-corrected chi connectivity index (χ0v) is 18.1. The molecule has 0 aliphatic heterocycles. The van der Waals surface area contributed by atoms with Crippen molar-refractivity contribution in [2.75, 3.05) is 0 Å². The largest absolute Gasteiger partial charge is 0.480 e. The van der Waals surface area contributed by atoms with Gasteiger partial charge in [-0.1, -0.05) is 35.9 Å². The van der Waals surface area contributed by atoms with Gasteiger partial charge in [0, 0.05) is 28.0 Å². The molecule has 0 saturated heterocycles. The number of carbonyl (C=O) groups is 1. The second-order valence-corrected chi connectivity index (χ2v) is 10.5. The van der Waals surface area contributed by atoms with E-state index in [4.69, 9.17) is 11.6 Å². The van der Waals surface area contributed by atoms with E-state index in [0.29, 0.717) is 15.5 Å². The fourth-order valence-corrected chi connectivity index (χ4v) is 6.28. The predicted molar refractivity (Wildman–Crippen MR) is 116 cm³/mol. The minimum Gasteiger partial charge on any atom is -0.480 e. The normalized spacial score (nSPS) is 20.4. The summed E-state index contributed by atoms with van der Waals surface area (Å²) in [4.78, 5) is 23.1. The topological polar surface area (TPSA) is 127 Å². The Bertz CT molecular complexity index is 1290. The SMILES string of the molecule is O=C(O)C1(NS(=O)(=O)c2ccc(-c3ccc(Cl)cc3)s2)C[C@H]1c1cccc([N+](=O)[O-])c1. The molecule has 1 aromatic heterocycles. The van der Waals surface area contributed by atoms with Crippen LogP contribution in [0.2, 0.25) is 5.02 Å². The van der Waals surface area contributed by atoms with Gasteiger partial charge in [0.2, 0.25) is 0 Å². The Morgan fingerprint density at radius 1 is 1.19 bits per heavy atom. The lowest BCUT2D eigenvalue weighted by Crippen LogP contribution is -2.44. The molecule has 1 aliphatic rings. The van der Waals surface area contributed by atoms with Crippen LogP contribution in [-0.2, 0) is 14.8 Å². The first-order chi connectivity index (χ1) is 14.6. The van der Waals surface area contributed by atoms with Crippen molar-refractivity contribution in [1.29, 1.82) is 0 Å². The van der Waals surface area contributed by atoms with E-state index >= 15 is 0 Å². The molecule has 1 fully saturated rings. The lowest BCUT2D eigenvalue weighted by molar-refractivity contribution is -0.384.